The monoisotopic (exact) mass is 794 g/mol. The van der Waals surface area contributed by atoms with Crippen molar-refractivity contribution in [1.82, 2.24) is 24.1 Å². The Labute approximate surface area is 332 Å². The van der Waals surface area contributed by atoms with E-state index in [1.165, 1.54) is 4.68 Å². The van der Waals surface area contributed by atoms with Crippen LogP contribution in [0.25, 0.3) is 5.69 Å². The van der Waals surface area contributed by atoms with E-state index in [-0.39, 0.29) is 51.2 Å². The molecule has 0 spiro atoms. The summed E-state index contributed by atoms with van der Waals surface area (Å²) in [4.78, 5) is 29.1. The minimum atomic E-state index is -1.26. The Balaban J connectivity index is 0.00000532. The Hall–Kier alpha value is -4.89. The fraction of sp³-hybridized carbons (Fsp3) is 0.410. The fourth-order valence-electron chi connectivity index (χ4n) is 6.72. The van der Waals surface area contributed by atoms with Crippen LogP contribution in [0, 0.1) is 0 Å². The van der Waals surface area contributed by atoms with E-state index in [9.17, 15) is 9.59 Å². The molecule has 3 atom stereocenters. The number of primary amides is 1. The van der Waals surface area contributed by atoms with Gasteiger partial charge in [-0.25, -0.2) is 18.6 Å². The van der Waals surface area contributed by atoms with Gasteiger partial charge >= 0.3 is 5.69 Å². The number of hydrogen-bond acceptors (Lipinski definition) is 9. The largest absolute Gasteiger partial charge is 0.491 e. The molecule has 4 heterocycles. The third-order valence-corrected chi connectivity index (χ3v) is 10.5. The van der Waals surface area contributed by atoms with Gasteiger partial charge in [0.2, 0.25) is 18.0 Å². The van der Waals surface area contributed by atoms with Crippen molar-refractivity contribution in [2.75, 3.05) is 49.2 Å². The van der Waals surface area contributed by atoms with Crippen LogP contribution in [0.3, 0.4) is 0 Å². The Kier molecular flexibility index (Phi) is 12.1. The molecule has 7 rings (SSSR count). The van der Waals surface area contributed by atoms with Gasteiger partial charge in [-0.05, 0) is 74.0 Å². The normalized spacial score (nSPS) is 19.1. The first kappa shape index (κ1) is 38.4. The van der Waals surface area contributed by atoms with Crippen molar-refractivity contribution in [2.45, 2.75) is 65.1 Å². The first-order valence-corrected chi connectivity index (χ1v) is 18.8. The van der Waals surface area contributed by atoms with Gasteiger partial charge in [-0.3, -0.25) is 4.79 Å². The van der Waals surface area contributed by atoms with E-state index in [1.54, 1.807) is 51.0 Å². The van der Waals surface area contributed by atoms with Gasteiger partial charge < -0.3 is 29.7 Å². The number of aryl methyl sites for hydroxylation is 1. The number of benzene rings is 3. The molecule has 3 aromatic carbocycles. The molecule has 2 aromatic heterocycles. The number of amides is 1. The average Bonchev–Trinajstić information content (AvgIpc) is 3.95. The number of carbonyl (C=O) groups is 1. The van der Waals surface area contributed by atoms with Crippen LogP contribution in [0.15, 0.2) is 90.5 Å². The number of aromatic nitrogens is 6. The molecule has 5 aromatic rings. The van der Waals surface area contributed by atoms with Crippen molar-refractivity contribution < 1.29 is 25.0 Å². The van der Waals surface area contributed by atoms with Crippen molar-refractivity contribution in [1.29, 1.82) is 0 Å². The molecule has 2 aliphatic heterocycles. The number of hydrogen-bond donors (Lipinski definition) is 1. The summed E-state index contributed by atoms with van der Waals surface area (Å²) in [6.07, 6.45) is 5.52. The fourth-order valence-corrected chi connectivity index (χ4v) is 7.27. The molecule has 2 saturated heterocycles. The summed E-state index contributed by atoms with van der Waals surface area (Å²) in [6.45, 7) is 8.55. The highest BCUT2D eigenvalue weighted by Crippen LogP contribution is 2.40. The number of rotatable bonds is 14. The molecular weight excluding hydrogens is 745 g/mol. The first-order valence-electron chi connectivity index (χ1n) is 18.5. The van der Waals surface area contributed by atoms with E-state index in [4.69, 9.17) is 38.8 Å². The maximum atomic E-state index is 12.8. The van der Waals surface area contributed by atoms with Crippen molar-refractivity contribution in [2.24, 2.45) is 5.73 Å². The van der Waals surface area contributed by atoms with Gasteiger partial charge in [-0.1, -0.05) is 43.6 Å². The van der Waals surface area contributed by atoms with Crippen LogP contribution < -0.4 is 30.5 Å². The highest BCUT2D eigenvalue weighted by Gasteiger charge is 2.47. The third-order valence-electron chi connectivity index (χ3n) is 9.91. The second-order valence-electron chi connectivity index (χ2n) is 13.6. The average molecular weight is 796 g/mol. The van der Waals surface area contributed by atoms with Crippen LogP contribution in [0.1, 0.15) is 45.7 Å². The van der Waals surface area contributed by atoms with Gasteiger partial charge in [0, 0.05) is 53.2 Å². The van der Waals surface area contributed by atoms with Gasteiger partial charge in [0.1, 0.15) is 24.8 Å². The molecule has 16 heteroatoms. The summed E-state index contributed by atoms with van der Waals surface area (Å²) in [5.41, 5.74) is 5.41. The van der Waals surface area contributed by atoms with Crippen molar-refractivity contribution in [3.05, 3.63) is 112 Å². The number of nitrogens with two attached hydrogens (primary N) is 1. The van der Waals surface area contributed by atoms with Crippen LogP contribution >= 0.6 is 23.2 Å². The number of halogens is 2. The van der Waals surface area contributed by atoms with E-state index >= 15 is 0 Å². The molecule has 55 heavy (non-hydrogen) atoms. The number of nitrogens with zero attached hydrogens (tertiary/aromatic N) is 8. The van der Waals surface area contributed by atoms with E-state index < -0.39 is 11.9 Å². The maximum Gasteiger partial charge on any atom is 0.350 e. The second-order valence-corrected chi connectivity index (χ2v) is 14.4. The summed E-state index contributed by atoms with van der Waals surface area (Å²) in [5.74, 6) is -0.930. The molecule has 0 aliphatic carbocycles. The SMILES string of the molecule is C.[3H]NC(=O)CC[n+]1cnn(C[C@]2(c3ccc(Cl)cc3Cl)OCC(COc3ccc(N4CCN(c5ccc(-n6cnn(C(C)CC)c6=O)cc5)CC4)cc3)O2)c1. The molecule has 2 aliphatic rings. The maximum absolute atomic E-state index is 12.8. The van der Waals surface area contributed by atoms with E-state index in [1.807, 2.05) is 43.8 Å². The van der Waals surface area contributed by atoms with Crippen LogP contribution in [-0.4, -0.2) is 75.5 Å². The summed E-state index contributed by atoms with van der Waals surface area (Å²) in [5, 5.41) is 9.62. The highest BCUT2D eigenvalue weighted by molar-refractivity contribution is 6.35. The zero-order valence-corrected chi connectivity index (χ0v) is 31.7. The zero-order valence-electron chi connectivity index (χ0n) is 31.2. The van der Waals surface area contributed by atoms with Crippen molar-refractivity contribution >= 4 is 40.5 Å². The lowest BCUT2D eigenvalue weighted by molar-refractivity contribution is -0.696. The summed E-state index contributed by atoms with van der Waals surface area (Å²) in [7, 11) is 0. The van der Waals surface area contributed by atoms with E-state index in [2.05, 4.69) is 44.3 Å². The molecular formula is C39H48Cl2N9O5+. The minimum absolute atomic E-state index is 0. The highest BCUT2D eigenvalue weighted by atomic mass is 35.5. The minimum Gasteiger partial charge on any atom is -0.491 e. The van der Waals surface area contributed by atoms with Crippen LogP contribution in [-0.2, 0) is 33.1 Å². The Morgan fingerprint density at radius 1 is 1.04 bits per heavy atom. The van der Waals surface area contributed by atoms with Gasteiger partial charge in [-0.15, -0.1) is 4.68 Å². The van der Waals surface area contributed by atoms with E-state index in [0.717, 1.165) is 49.7 Å². The molecule has 2 unspecified atom stereocenters. The standard InChI is InChI=1S/C38H43Cl2N9O5.CH4/c1-3-27(2)49-37(51)48(25-43-49)31-7-5-29(6-8-31)45-16-18-46(19-17-45)30-9-11-32(12-10-30)52-21-33-22-53-38(54-33,34-13-4-28(39)20-35(34)40)23-47-26-44(24-42-47)15-14-36(41)50;/h4-13,20,24-27,33H,3,14-19,21-23H2,1-2H3,(H-,41,50);1H4/p+1/t27?,33?,38-;/m0./s1/i/hT. The number of piperazine rings is 1. The first-order chi connectivity index (χ1) is 26.6. The summed E-state index contributed by atoms with van der Waals surface area (Å²) in [6, 6.07) is 21.4. The molecule has 14 nitrogen and oxygen atoms in total. The Bertz CT molecular complexity index is 2140. The lowest BCUT2D eigenvalue weighted by Crippen LogP contribution is -2.46. The third kappa shape index (κ3) is 8.99. The van der Waals surface area contributed by atoms with Crippen LogP contribution in [0.4, 0.5) is 11.4 Å². The van der Waals surface area contributed by atoms with Crippen LogP contribution in [0.5, 0.6) is 5.75 Å². The molecule has 2 fully saturated rings. The van der Waals surface area contributed by atoms with Gasteiger partial charge in [0.05, 0.1) is 36.3 Å². The molecule has 2 N–H and O–H groups in total. The van der Waals surface area contributed by atoms with Gasteiger partial charge in [0.25, 0.3) is 6.33 Å². The number of anilines is 2. The Morgan fingerprint density at radius 2 is 1.71 bits per heavy atom. The number of carbonyl (C=O) groups excluding carboxylic acids is 1. The predicted octanol–water partition coefficient (Wildman–Crippen LogP) is 4.98. The van der Waals surface area contributed by atoms with Crippen molar-refractivity contribution in [3.63, 3.8) is 0 Å². The number of ether oxygens (including phenoxy) is 3. The Morgan fingerprint density at radius 3 is 2.36 bits per heavy atom. The van der Waals surface area contributed by atoms with E-state index in [0.29, 0.717) is 27.9 Å². The quantitative estimate of drug-likeness (QED) is 0.154. The van der Waals surface area contributed by atoms with Crippen molar-refractivity contribution in [3.8, 4) is 11.4 Å². The lowest BCUT2D eigenvalue weighted by atomic mass is 10.1. The lowest BCUT2D eigenvalue weighted by Gasteiger charge is -2.37. The van der Waals surface area contributed by atoms with Crippen LogP contribution in [0.2, 0.25) is 11.5 Å². The second kappa shape index (κ2) is 17.3. The summed E-state index contributed by atoms with van der Waals surface area (Å²) >= 11 is 12.9. The predicted molar refractivity (Wildman–Crippen MR) is 211 cm³/mol. The molecule has 292 valence electrons. The molecule has 0 radical (unpaired) electrons. The molecule has 1 amide bonds. The molecule has 0 saturated carbocycles. The summed E-state index contributed by atoms with van der Waals surface area (Å²) < 4.78 is 32.6. The van der Waals surface area contributed by atoms with Gasteiger partial charge in [-0.2, -0.15) is 5.10 Å². The topological polar surface area (TPSA) is 139 Å². The zero-order chi connectivity index (χ0) is 38.5. The van der Waals surface area contributed by atoms with Gasteiger partial charge in [0.15, 0.2) is 7.96 Å². The molecule has 0 bridgehead atoms. The smallest absolute Gasteiger partial charge is 0.350 e.